The predicted octanol–water partition coefficient (Wildman–Crippen LogP) is 0.188. The molecule has 0 atom stereocenters. The molecule has 1 amide bonds. The number of hydroxylamine groups is 1. The van der Waals surface area contributed by atoms with Crippen LogP contribution in [0.4, 0.5) is 4.79 Å². The van der Waals surface area contributed by atoms with E-state index < -0.39 is 12.1 Å². The summed E-state index contributed by atoms with van der Waals surface area (Å²) in [5.41, 5.74) is 1.74. The number of rotatable bonds is 0. The molecule has 0 fully saturated rings. The molecule has 6 nitrogen and oxygen atoms in total. The van der Waals surface area contributed by atoms with Gasteiger partial charge in [0.15, 0.2) is 5.90 Å². The molecule has 0 saturated heterocycles. The second kappa shape index (κ2) is 4.26. The molecule has 0 aromatic rings. The van der Waals surface area contributed by atoms with E-state index in [0.29, 0.717) is 0 Å². The largest absolute Gasteiger partial charge is 0.540 e. The molecule has 0 spiro atoms. The Balaban J connectivity index is 3.53. The van der Waals surface area contributed by atoms with E-state index >= 15 is 0 Å². The normalized spacial score (nSPS) is 8.18. The van der Waals surface area contributed by atoms with E-state index in [1.807, 2.05) is 0 Å². The topological polar surface area (TPSA) is 88.5 Å². The Kier molecular flexibility index (Phi) is 3.65. The van der Waals surface area contributed by atoms with E-state index in [4.69, 9.17) is 5.41 Å². The van der Waals surface area contributed by atoms with Crippen LogP contribution < -0.4 is 5.48 Å². The van der Waals surface area contributed by atoms with E-state index in [-0.39, 0.29) is 5.90 Å². The molecule has 0 aliphatic carbocycles. The number of hydrogen-bond acceptors (Lipinski definition) is 5. The van der Waals surface area contributed by atoms with Crippen molar-refractivity contribution in [2.75, 3.05) is 0 Å². The highest BCUT2D eigenvalue weighted by molar-refractivity contribution is 5.82. The van der Waals surface area contributed by atoms with Gasteiger partial charge >= 0.3 is 6.16 Å². The second-order valence-corrected chi connectivity index (χ2v) is 1.67. The Hall–Kier alpha value is -1.59. The van der Waals surface area contributed by atoms with Gasteiger partial charge in [-0.1, -0.05) is 0 Å². The van der Waals surface area contributed by atoms with Crippen molar-refractivity contribution in [3.05, 3.63) is 0 Å². The molecule has 62 valence electrons. The summed E-state index contributed by atoms with van der Waals surface area (Å²) in [4.78, 5) is 24.5. The average Bonchev–Trinajstić information content (AvgIpc) is 1.82. The smallest absolute Gasteiger partial charge is 0.379 e. The molecular formula is C5H8N2O4. The van der Waals surface area contributed by atoms with Crippen molar-refractivity contribution in [2.24, 2.45) is 0 Å². The zero-order valence-electron chi connectivity index (χ0n) is 6.13. The molecule has 0 unspecified atom stereocenters. The molecule has 0 aliphatic rings. The summed E-state index contributed by atoms with van der Waals surface area (Å²) >= 11 is 0. The van der Waals surface area contributed by atoms with E-state index in [1.54, 1.807) is 5.48 Å². The van der Waals surface area contributed by atoms with Crippen molar-refractivity contribution in [1.82, 2.24) is 5.48 Å². The molecule has 0 aromatic heterocycles. The molecule has 0 saturated carbocycles. The maximum Gasteiger partial charge on any atom is 0.540 e. The molecule has 0 radical (unpaired) electrons. The number of ether oxygens (including phenoxy) is 1. The van der Waals surface area contributed by atoms with Gasteiger partial charge in [0.25, 0.3) is 0 Å². The first-order valence-corrected chi connectivity index (χ1v) is 2.72. The predicted molar refractivity (Wildman–Crippen MR) is 34.8 cm³/mol. The van der Waals surface area contributed by atoms with E-state index in [2.05, 4.69) is 9.57 Å². The number of amides is 1. The average molecular weight is 160 g/mol. The molecule has 0 heterocycles. The van der Waals surface area contributed by atoms with Crippen LogP contribution in [0.3, 0.4) is 0 Å². The van der Waals surface area contributed by atoms with Gasteiger partial charge in [-0.2, -0.15) is 5.48 Å². The van der Waals surface area contributed by atoms with Crippen molar-refractivity contribution in [3.8, 4) is 0 Å². The second-order valence-electron chi connectivity index (χ2n) is 1.67. The quantitative estimate of drug-likeness (QED) is 0.229. The zero-order valence-corrected chi connectivity index (χ0v) is 6.13. The Bertz CT molecular complexity index is 189. The number of nitrogens with one attached hydrogen (secondary N) is 2. The van der Waals surface area contributed by atoms with Crippen molar-refractivity contribution < 1.29 is 19.2 Å². The van der Waals surface area contributed by atoms with Crippen LogP contribution in [0.1, 0.15) is 13.8 Å². The van der Waals surface area contributed by atoms with Crippen LogP contribution in [-0.4, -0.2) is 18.0 Å². The molecule has 11 heavy (non-hydrogen) atoms. The monoisotopic (exact) mass is 160 g/mol. The van der Waals surface area contributed by atoms with Crippen LogP contribution in [0.25, 0.3) is 0 Å². The van der Waals surface area contributed by atoms with Crippen LogP contribution in [0.15, 0.2) is 0 Å². The third-order valence-electron chi connectivity index (χ3n) is 0.515. The third-order valence-corrected chi connectivity index (χ3v) is 0.515. The molecule has 0 rings (SSSR count). The molecule has 0 bridgehead atoms. The first-order valence-electron chi connectivity index (χ1n) is 2.72. The van der Waals surface area contributed by atoms with Gasteiger partial charge in [0.2, 0.25) is 5.91 Å². The number of hydrogen-bond donors (Lipinski definition) is 2. The Labute approximate surface area is 62.9 Å². The summed E-state index contributed by atoms with van der Waals surface area (Å²) in [6, 6.07) is 0. The summed E-state index contributed by atoms with van der Waals surface area (Å²) in [6.07, 6.45) is -1.13. The Morgan fingerprint density at radius 2 is 1.91 bits per heavy atom. The van der Waals surface area contributed by atoms with Crippen LogP contribution in [-0.2, 0) is 14.4 Å². The fourth-order valence-electron chi connectivity index (χ4n) is 0.259. The van der Waals surface area contributed by atoms with Crippen LogP contribution in [0, 0.1) is 5.41 Å². The van der Waals surface area contributed by atoms with Gasteiger partial charge in [-0.15, -0.1) is 0 Å². The van der Waals surface area contributed by atoms with Crippen LogP contribution in [0.5, 0.6) is 0 Å². The maximum absolute atomic E-state index is 10.4. The lowest BCUT2D eigenvalue weighted by Crippen LogP contribution is -2.25. The van der Waals surface area contributed by atoms with Crippen molar-refractivity contribution >= 4 is 18.0 Å². The molecule has 0 aliphatic heterocycles. The van der Waals surface area contributed by atoms with Gasteiger partial charge in [0.05, 0.1) is 0 Å². The first-order chi connectivity index (χ1) is 5.02. The highest BCUT2D eigenvalue weighted by Crippen LogP contribution is 1.82. The van der Waals surface area contributed by atoms with Crippen molar-refractivity contribution in [2.45, 2.75) is 13.8 Å². The summed E-state index contributed by atoms with van der Waals surface area (Å²) in [6.45, 7) is 2.43. The van der Waals surface area contributed by atoms with Crippen molar-refractivity contribution in [1.29, 1.82) is 5.41 Å². The van der Waals surface area contributed by atoms with E-state index in [9.17, 15) is 9.59 Å². The first kappa shape index (κ1) is 9.41. The SMILES string of the molecule is CC(=N)OC(=O)ONC(C)=O. The summed E-state index contributed by atoms with van der Waals surface area (Å²) < 4.78 is 4.11. The lowest BCUT2D eigenvalue weighted by atomic mass is 10.8. The van der Waals surface area contributed by atoms with Gasteiger partial charge in [-0.25, -0.2) is 4.79 Å². The fraction of sp³-hybridized carbons (Fsp3) is 0.400. The summed E-state index contributed by atoms with van der Waals surface area (Å²) in [7, 11) is 0. The minimum absolute atomic E-state index is 0.305. The molecule has 6 heteroatoms. The standard InChI is InChI=1S/C5H8N2O4/c1-3(6)10-5(9)11-7-4(2)8/h6H,1-2H3,(H,7,8). The van der Waals surface area contributed by atoms with Gasteiger partial charge in [-0.05, 0) is 0 Å². The van der Waals surface area contributed by atoms with Crippen LogP contribution >= 0.6 is 0 Å². The highest BCUT2D eigenvalue weighted by atomic mass is 16.8. The van der Waals surface area contributed by atoms with Gasteiger partial charge < -0.3 is 9.57 Å². The van der Waals surface area contributed by atoms with E-state index in [1.165, 1.54) is 13.8 Å². The van der Waals surface area contributed by atoms with Crippen LogP contribution in [0.2, 0.25) is 0 Å². The number of carbonyl (C=O) groups excluding carboxylic acids is 2. The zero-order chi connectivity index (χ0) is 8.85. The van der Waals surface area contributed by atoms with Gasteiger partial charge in [0.1, 0.15) is 0 Å². The summed E-state index contributed by atoms with van der Waals surface area (Å²) in [5.74, 6) is -0.829. The highest BCUT2D eigenvalue weighted by Gasteiger charge is 2.05. The lowest BCUT2D eigenvalue weighted by Gasteiger charge is -2.01. The fourth-order valence-corrected chi connectivity index (χ4v) is 0.259. The minimum atomic E-state index is -1.13. The minimum Gasteiger partial charge on any atom is -0.379 e. The maximum atomic E-state index is 10.4. The van der Waals surface area contributed by atoms with Gasteiger partial charge in [-0.3, -0.25) is 10.2 Å². The van der Waals surface area contributed by atoms with E-state index in [0.717, 1.165) is 0 Å². The Morgan fingerprint density at radius 1 is 1.36 bits per heavy atom. The third kappa shape index (κ3) is 6.29. The summed E-state index contributed by atoms with van der Waals surface area (Å²) in [5, 5.41) is 6.67. The number of carbonyl (C=O) groups is 2. The molecule has 2 N–H and O–H groups in total. The van der Waals surface area contributed by atoms with Crippen molar-refractivity contribution in [3.63, 3.8) is 0 Å². The molecule has 0 aromatic carbocycles. The van der Waals surface area contributed by atoms with Gasteiger partial charge in [0, 0.05) is 13.8 Å². The molecular weight excluding hydrogens is 152 g/mol. The lowest BCUT2D eigenvalue weighted by molar-refractivity contribution is -0.128. The Morgan fingerprint density at radius 3 is 2.27 bits per heavy atom.